The van der Waals surface area contributed by atoms with E-state index in [2.05, 4.69) is 0 Å². The molecule has 0 amide bonds. The van der Waals surface area contributed by atoms with Gasteiger partial charge in [0.05, 0.1) is 4.90 Å². The molecule has 20 heavy (non-hydrogen) atoms. The van der Waals surface area contributed by atoms with Gasteiger partial charge in [-0.2, -0.15) is 4.31 Å². The Kier molecular flexibility index (Phi) is 3.92. The van der Waals surface area contributed by atoms with Crippen molar-refractivity contribution in [3.63, 3.8) is 0 Å². The number of sulfone groups is 1. The fourth-order valence-electron chi connectivity index (χ4n) is 2.16. The summed E-state index contributed by atoms with van der Waals surface area (Å²) < 4.78 is 62.7. The number of rotatable bonds is 3. The van der Waals surface area contributed by atoms with Gasteiger partial charge in [0, 0.05) is 19.3 Å². The minimum atomic E-state index is -3.99. The number of hydrogen-bond donors (Lipinski definition) is 0. The highest BCUT2D eigenvalue weighted by Gasteiger charge is 2.33. The predicted molar refractivity (Wildman–Crippen MR) is 72.0 cm³/mol. The van der Waals surface area contributed by atoms with Crippen LogP contribution in [0.2, 0.25) is 0 Å². The first-order valence-corrected chi connectivity index (χ1v) is 9.45. The summed E-state index contributed by atoms with van der Waals surface area (Å²) in [5, 5.41) is 0. The van der Waals surface area contributed by atoms with Crippen LogP contribution in [-0.4, -0.2) is 40.5 Å². The van der Waals surface area contributed by atoms with Gasteiger partial charge in [0.1, 0.15) is 10.7 Å². The summed E-state index contributed by atoms with van der Waals surface area (Å²) in [5.41, 5.74) is 0. The standard InChI is InChI=1S/C12H16FNO4S2/c1-9-5-6-14(8-9)20(17,18)12-7-10(19(2,15)16)3-4-11(12)13/h3-4,7,9H,5-6,8H2,1-2H3. The lowest BCUT2D eigenvalue weighted by molar-refractivity contribution is 0.457. The van der Waals surface area contributed by atoms with Crippen LogP contribution in [0.5, 0.6) is 0 Å². The van der Waals surface area contributed by atoms with Gasteiger partial charge in [-0.05, 0) is 30.5 Å². The van der Waals surface area contributed by atoms with Crippen LogP contribution in [-0.2, 0) is 19.9 Å². The smallest absolute Gasteiger partial charge is 0.224 e. The second kappa shape index (κ2) is 5.09. The maximum absolute atomic E-state index is 13.8. The Bertz CT molecular complexity index is 728. The molecule has 0 radical (unpaired) electrons. The number of benzene rings is 1. The molecule has 0 spiro atoms. The third-order valence-corrected chi connectivity index (χ3v) is 6.33. The Balaban J connectivity index is 2.52. The molecule has 1 aromatic carbocycles. The third kappa shape index (κ3) is 2.87. The molecule has 1 saturated heterocycles. The van der Waals surface area contributed by atoms with E-state index in [1.165, 1.54) is 4.31 Å². The van der Waals surface area contributed by atoms with Gasteiger partial charge in [0.2, 0.25) is 10.0 Å². The van der Waals surface area contributed by atoms with Crippen molar-refractivity contribution in [2.24, 2.45) is 5.92 Å². The lowest BCUT2D eigenvalue weighted by Crippen LogP contribution is -2.29. The Morgan fingerprint density at radius 1 is 1.25 bits per heavy atom. The molecule has 1 fully saturated rings. The highest BCUT2D eigenvalue weighted by atomic mass is 32.2. The van der Waals surface area contributed by atoms with Crippen molar-refractivity contribution in [1.82, 2.24) is 4.31 Å². The zero-order valence-corrected chi connectivity index (χ0v) is 12.8. The van der Waals surface area contributed by atoms with Crippen molar-refractivity contribution in [2.75, 3.05) is 19.3 Å². The fourth-order valence-corrected chi connectivity index (χ4v) is 4.55. The van der Waals surface area contributed by atoms with Crippen LogP contribution in [0.4, 0.5) is 4.39 Å². The van der Waals surface area contributed by atoms with Crippen LogP contribution >= 0.6 is 0 Å². The molecular weight excluding hydrogens is 305 g/mol. The fraction of sp³-hybridized carbons (Fsp3) is 0.500. The van der Waals surface area contributed by atoms with E-state index in [1.54, 1.807) is 0 Å². The maximum Gasteiger partial charge on any atom is 0.246 e. The van der Waals surface area contributed by atoms with E-state index < -0.39 is 30.6 Å². The first kappa shape index (κ1) is 15.4. The van der Waals surface area contributed by atoms with E-state index >= 15 is 0 Å². The number of halogens is 1. The van der Waals surface area contributed by atoms with E-state index in [0.29, 0.717) is 19.5 Å². The maximum atomic E-state index is 13.8. The summed E-state index contributed by atoms with van der Waals surface area (Å²) in [4.78, 5) is -0.778. The molecule has 5 nitrogen and oxygen atoms in total. The minimum absolute atomic E-state index is 0.204. The molecule has 1 aromatic rings. The Morgan fingerprint density at radius 3 is 2.40 bits per heavy atom. The summed E-state index contributed by atoms with van der Waals surface area (Å²) in [6.45, 7) is 2.57. The largest absolute Gasteiger partial charge is 0.246 e. The molecule has 2 rings (SSSR count). The highest BCUT2D eigenvalue weighted by Crippen LogP contribution is 2.27. The Labute approximate surface area is 118 Å². The molecule has 0 aromatic heterocycles. The van der Waals surface area contributed by atoms with Crippen molar-refractivity contribution in [1.29, 1.82) is 0 Å². The van der Waals surface area contributed by atoms with E-state index in [9.17, 15) is 21.2 Å². The van der Waals surface area contributed by atoms with Crippen LogP contribution in [0.25, 0.3) is 0 Å². The van der Waals surface area contributed by atoms with Crippen LogP contribution in [0.15, 0.2) is 28.0 Å². The summed E-state index contributed by atoms with van der Waals surface area (Å²) in [7, 11) is -7.58. The summed E-state index contributed by atoms with van der Waals surface area (Å²) in [6.07, 6.45) is 1.67. The number of hydrogen-bond acceptors (Lipinski definition) is 4. The van der Waals surface area contributed by atoms with Gasteiger partial charge < -0.3 is 0 Å². The third-order valence-electron chi connectivity index (χ3n) is 3.34. The van der Waals surface area contributed by atoms with Gasteiger partial charge in [-0.25, -0.2) is 21.2 Å². The van der Waals surface area contributed by atoms with Crippen molar-refractivity contribution in [3.05, 3.63) is 24.0 Å². The quantitative estimate of drug-likeness (QED) is 0.786. The number of nitrogens with zero attached hydrogens (tertiary/aromatic N) is 1. The zero-order chi connectivity index (χ0) is 15.1. The molecule has 0 aliphatic carbocycles. The zero-order valence-electron chi connectivity index (χ0n) is 11.2. The van der Waals surface area contributed by atoms with Crippen LogP contribution < -0.4 is 0 Å². The van der Waals surface area contributed by atoms with Gasteiger partial charge in [0.15, 0.2) is 9.84 Å². The highest BCUT2D eigenvalue weighted by molar-refractivity contribution is 7.91. The van der Waals surface area contributed by atoms with Gasteiger partial charge in [-0.1, -0.05) is 6.92 Å². The minimum Gasteiger partial charge on any atom is -0.224 e. The van der Waals surface area contributed by atoms with Crippen LogP contribution in [0, 0.1) is 11.7 Å². The van der Waals surface area contributed by atoms with E-state index in [1.807, 2.05) is 6.92 Å². The van der Waals surface area contributed by atoms with Crippen molar-refractivity contribution in [2.45, 2.75) is 23.1 Å². The summed E-state index contributed by atoms with van der Waals surface area (Å²) >= 11 is 0. The molecule has 1 atom stereocenters. The SMILES string of the molecule is CC1CCN(S(=O)(=O)c2cc(S(C)(=O)=O)ccc2F)C1. The Hall–Kier alpha value is -0.990. The number of sulfonamides is 1. The lowest BCUT2D eigenvalue weighted by atomic mass is 10.2. The normalized spacial score (nSPS) is 21.2. The molecular formula is C12H16FNO4S2. The summed E-state index contributed by atoms with van der Waals surface area (Å²) in [6, 6.07) is 2.84. The topological polar surface area (TPSA) is 71.5 Å². The Morgan fingerprint density at radius 2 is 1.90 bits per heavy atom. The second-order valence-electron chi connectivity index (χ2n) is 5.12. The van der Waals surface area contributed by atoms with Crippen LogP contribution in [0.3, 0.4) is 0 Å². The average molecular weight is 321 g/mol. The molecule has 0 bridgehead atoms. The molecule has 8 heteroatoms. The van der Waals surface area contributed by atoms with Gasteiger partial charge in [-0.15, -0.1) is 0 Å². The lowest BCUT2D eigenvalue weighted by Gasteiger charge is -2.17. The van der Waals surface area contributed by atoms with Crippen molar-refractivity contribution < 1.29 is 21.2 Å². The predicted octanol–water partition coefficient (Wildman–Crippen LogP) is 1.26. The van der Waals surface area contributed by atoms with Gasteiger partial charge >= 0.3 is 0 Å². The van der Waals surface area contributed by atoms with E-state index in [4.69, 9.17) is 0 Å². The molecule has 0 saturated carbocycles. The first-order valence-electron chi connectivity index (χ1n) is 6.12. The molecule has 1 aliphatic rings. The van der Waals surface area contributed by atoms with Crippen molar-refractivity contribution >= 4 is 19.9 Å². The monoisotopic (exact) mass is 321 g/mol. The molecule has 1 unspecified atom stereocenters. The van der Waals surface area contributed by atoms with Crippen molar-refractivity contribution in [3.8, 4) is 0 Å². The first-order chi connectivity index (χ1) is 9.12. The summed E-state index contributed by atoms with van der Waals surface area (Å²) in [5.74, 6) is -0.720. The van der Waals surface area contributed by atoms with Crippen LogP contribution in [0.1, 0.15) is 13.3 Å². The van der Waals surface area contributed by atoms with E-state index in [0.717, 1.165) is 24.5 Å². The average Bonchev–Trinajstić information content (AvgIpc) is 2.75. The molecule has 1 aliphatic heterocycles. The van der Waals surface area contributed by atoms with Gasteiger partial charge in [0.25, 0.3) is 0 Å². The van der Waals surface area contributed by atoms with E-state index in [-0.39, 0.29) is 10.8 Å². The second-order valence-corrected chi connectivity index (χ2v) is 9.04. The van der Waals surface area contributed by atoms with Gasteiger partial charge in [-0.3, -0.25) is 0 Å². The molecule has 0 N–H and O–H groups in total. The molecule has 112 valence electrons. The molecule has 1 heterocycles.